The molecule has 1 N–H and O–H groups in total. The van der Waals surface area contributed by atoms with Gasteiger partial charge < -0.3 is 13.9 Å². The number of halogens is 1. The van der Waals surface area contributed by atoms with Crippen molar-refractivity contribution in [3.05, 3.63) is 59.2 Å². The van der Waals surface area contributed by atoms with Crippen molar-refractivity contribution in [2.75, 3.05) is 6.61 Å². The van der Waals surface area contributed by atoms with Gasteiger partial charge in [-0.2, -0.15) is 0 Å². The predicted octanol–water partition coefficient (Wildman–Crippen LogP) is 4.84. The Morgan fingerprint density at radius 2 is 1.52 bits per heavy atom. The summed E-state index contributed by atoms with van der Waals surface area (Å²) >= 11 is 5.88. The molecule has 1 aromatic heterocycles. The van der Waals surface area contributed by atoms with E-state index in [1.165, 1.54) is 0 Å². The Labute approximate surface area is 153 Å². The van der Waals surface area contributed by atoms with E-state index in [-0.39, 0.29) is 0 Å². The number of nitrogens with zero attached hydrogens (tertiary/aromatic N) is 2. The molecule has 0 spiro atoms. The lowest BCUT2D eigenvalue weighted by atomic mass is 10.3. The molecule has 0 saturated heterocycles. The molecule has 0 amide bonds. The SMILES string of the molecule is CCCCn1c(=N)n(CCCOc2ccc(Cl)cc2)c2ccccc21. The molecule has 1 heterocycles. The first-order chi connectivity index (χ1) is 12.2. The van der Waals surface area contributed by atoms with Crippen molar-refractivity contribution < 1.29 is 4.74 Å². The molecule has 0 atom stereocenters. The minimum atomic E-state index is 0.571. The Balaban J connectivity index is 1.69. The van der Waals surface area contributed by atoms with Gasteiger partial charge in [-0.05, 0) is 49.2 Å². The Bertz CT molecular complexity index is 880. The normalized spacial score (nSPS) is 11.1. The summed E-state index contributed by atoms with van der Waals surface area (Å²) in [6, 6.07) is 15.7. The molecule has 0 aliphatic carbocycles. The molecule has 4 nitrogen and oxygen atoms in total. The van der Waals surface area contributed by atoms with Crippen LogP contribution in [0, 0.1) is 5.41 Å². The standard InChI is InChI=1S/C20H24ClN3O/c1-2-3-13-23-18-7-4-5-8-19(18)24(20(23)22)14-6-15-25-17-11-9-16(21)10-12-17/h4-5,7-12,22H,2-3,6,13-15H2,1H3. The van der Waals surface area contributed by atoms with Gasteiger partial charge in [-0.25, -0.2) is 0 Å². The van der Waals surface area contributed by atoms with Gasteiger partial charge in [0.15, 0.2) is 0 Å². The number of fused-ring (bicyclic) bond motifs is 1. The van der Waals surface area contributed by atoms with Crippen molar-refractivity contribution in [2.24, 2.45) is 0 Å². The molecule has 3 aromatic rings. The quantitative estimate of drug-likeness (QED) is 0.575. The van der Waals surface area contributed by atoms with Crippen molar-refractivity contribution in [1.82, 2.24) is 9.13 Å². The molecule has 132 valence electrons. The molecule has 0 bridgehead atoms. The topological polar surface area (TPSA) is 42.9 Å². The maximum atomic E-state index is 8.55. The van der Waals surface area contributed by atoms with Crippen LogP contribution < -0.4 is 10.4 Å². The fourth-order valence-electron chi connectivity index (χ4n) is 3.01. The lowest BCUT2D eigenvalue weighted by Gasteiger charge is -2.07. The fourth-order valence-corrected chi connectivity index (χ4v) is 3.13. The van der Waals surface area contributed by atoms with Crippen LogP contribution >= 0.6 is 11.6 Å². The van der Waals surface area contributed by atoms with Gasteiger partial charge in [0.1, 0.15) is 5.75 Å². The van der Waals surface area contributed by atoms with E-state index in [1.54, 1.807) is 0 Å². The molecule has 0 saturated carbocycles. The van der Waals surface area contributed by atoms with E-state index in [2.05, 4.69) is 28.2 Å². The van der Waals surface area contributed by atoms with Crippen LogP contribution in [0.4, 0.5) is 0 Å². The smallest absolute Gasteiger partial charge is 0.202 e. The van der Waals surface area contributed by atoms with Gasteiger partial charge in [-0.3, -0.25) is 5.41 Å². The van der Waals surface area contributed by atoms with Crippen LogP contribution in [0.3, 0.4) is 0 Å². The van der Waals surface area contributed by atoms with Crippen molar-refractivity contribution in [3.8, 4) is 5.75 Å². The molecular formula is C20H24ClN3O. The Morgan fingerprint density at radius 3 is 2.12 bits per heavy atom. The molecule has 0 aliphatic rings. The number of benzene rings is 2. The van der Waals surface area contributed by atoms with Crippen LogP contribution in [0.1, 0.15) is 26.2 Å². The van der Waals surface area contributed by atoms with Crippen molar-refractivity contribution in [1.29, 1.82) is 5.41 Å². The van der Waals surface area contributed by atoms with E-state index in [0.29, 0.717) is 17.2 Å². The number of hydrogen-bond donors (Lipinski definition) is 1. The second kappa shape index (κ2) is 8.26. The summed E-state index contributed by atoms with van der Waals surface area (Å²) in [5, 5.41) is 9.26. The molecule has 2 aromatic carbocycles. The van der Waals surface area contributed by atoms with Crippen LogP contribution in [0.5, 0.6) is 5.75 Å². The largest absolute Gasteiger partial charge is 0.494 e. The first-order valence-corrected chi connectivity index (χ1v) is 9.19. The number of nitrogens with one attached hydrogen (secondary N) is 1. The van der Waals surface area contributed by atoms with E-state index < -0.39 is 0 Å². The zero-order valence-electron chi connectivity index (χ0n) is 14.5. The molecule has 0 fully saturated rings. The number of para-hydroxylation sites is 2. The lowest BCUT2D eigenvalue weighted by molar-refractivity contribution is 0.301. The third-order valence-electron chi connectivity index (χ3n) is 4.32. The van der Waals surface area contributed by atoms with E-state index >= 15 is 0 Å². The van der Waals surface area contributed by atoms with Gasteiger partial charge in [0, 0.05) is 18.1 Å². The number of unbranched alkanes of at least 4 members (excludes halogenated alkanes) is 1. The van der Waals surface area contributed by atoms with Gasteiger partial charge >= 0.3 is 0 Å². The number of hydrogen-bond acceptors (Lipinski definition) is 2. The molecule has 25 heavy (non-hydrogen) atoms. The number of aromatic nitrogens is 2. The molecular weight excluding hydrogens is 334 g/mol. The summed E-state index contributed by atoms with van der Waals surface area (Å²) < 4.78 is 9.96. The predicted molar refractivity (Wildman–Crippen MR) is 102 cm³/mol. The summed E-state index contributed by atoms with van der Waals surface area (Å²) in [5.74, 6) is 0.825. The zero-order valence-corrected chi connectivity index (χ0v) is 15.3. The fraction of sp³-hybridized carbons (Fsp3) is 0.350. The minimum absolute atomic E-state index is 0.571. The minimum Gasteiger partial charge on any atom is -0.494 e. The Morgan fingerprint density at radius 1 is 0.920 bits per heavy atom. The maximum absolute atomic E-state index is 8.55. The summed E-state index contributed by atoms with van der Waals surface area (Å²) in [6.07, 6.45) is 3.06. The highest BCUT2D eigenvalue weighted by atomic mass is 35.5. The summed E-state index contributed by atoms with van der Waals surface area (Å²) in [5.41, 5.74) is 2.83. The molecule has 5 heteroatoms. The van der Waals surface area contributed by atoms with Gasteiger partial charge in [0.2, 0.25) is 5.62 Å². The van der Waals surface area contributed by atoms with Gasteiger partial charge in [0.25, 0.3) is 0 Å². The van der Waals surface area contributed by atoms with Crippen LogP contribution in [0.25, 0.3) is 11.0 Å². The number of imidazole rings is 1. The number of ether oxygens (including phenoxy) is 1. The molecule has 3 rings (SSSR count). The molecule has 0 aliphatic heterocycles. The van der Waals surface area contributed by atoms with E-state index in [4.69, 9.17) is 21.7 Å². The molecule has 0 radical (unpaired) electrons. The average molecular weight is 358 g/mol. The summed E-state index contributed by atoms with van der Waals surface area (Å²) in [4.78, 5) is 0. The van der Waals surface area contributed by atoms with E-state index in [1.807, 2.05) is 36.4 Å². The van der Waals surface area contributed by atoms with E-state index in [0.717, 1.165) is 49.1 Å². The van der Waals surface area contributed by atoms with Crippen molar-refractivity contribution >= 4 is 22.6 Å². The number of rotatable bonds is 8. The first kappa shape index (κ1) is 17.6. The van der Waals surface area contributed by atoms with Gasteiger partial charge in [-0.1, -0.05) is 37.1 Å². The van der Waals surface area contributed by atoms with Crippen molar-refractivity contribution in [3.63, 3.8) is 0 Å². The Kier molecular flexibility index (Phi) is 5.82. The highest BCUT2D eigenvalue weighted by Gasteiger charge is 2.09. The summed E-state index contributed by atoms with van der Waals surface area (Å²) in [7, 11) is 0. The zero-order chi connectivity index (χ0) is 17.6. The number of aryl methyl sites for hydroxylation is 2. The van der Waals surface area contributed by atoms with Crippen LogP contribution in [0.15, 0.2) is 48.5 Å². The van der Waals surface area contributed by atoms with Gasteiger partial charge in [-0.15, -0.1) is 0 Å². The van der Waals surface area contributed by atoms with E-state index in [9.17, 15) is 0 Å². The average Bonchev–Trinajstić information content (AvgIpc) is 2.90. The lowest BCUT2D eigenvalue weighted by Crippen LogP contribution is -2.25. The highest BCUT2D eigenvalue weighted by molar-refractivity contribution is 6.30. The van der Waals surface area contributed by atoms with Crippen LogP contribution in [0.2, 0.25) is 5.02 Å². The summed E-state index contributed by atoms with van der Waals surface area (Å²) in [6.45, 7) is 4.45. The monoisotopic (exact) mass is 357 g/mol. The van der Waals surface area contributed by atoms with Crippen molar-refractivity contribution in [2.45, 2.75) is 39.3 Å². The molecule has 0 unspecified atom stereocenters. The third kappa shape index (κ3) is 4.07. The van der Waals surface area contributed by atoms with Crippen LogP contribution in [-0.4, -0.2) is 15.7 Å². The maximum Gasteiger partial charge on any atom is 0.202 e. The Hall–Kier alpha value is -2.20. The second-order valence-electron chi connectivity index (χ2n) is 6.13. The first-order valence-electron chi connectivity index (χ1n) is 8.81. The van der Waals surface area contributed by atoms with Gasteiger partial charge in [0.05, 0.1) is 17.6 Å². The van der Waals surface area contributed by atoms with Crippen LogP contribution in [-0.2, 0) is 13.1 Å². The second-order valence-corrected chi connectivity index (χ2v) is 6.56. The third-order valence-corrected chi connectivity index (χ3v) is 4.57. The highest BCUT2D eigenvalue weighted by Crippen LogP contribution is 2.16.